The van der Waals surface area contributed by atoms with E-state index in [2.05, 4.69) is 32.7 Å². The van der Waals surface area contributed by atoms with E-state index in [1.54, 1.807) is 0 Å². The Balaban J connectivity index is 3.92. The molecule has 4 heteroatoms. The number of carbonyl (C=O) groups is 1. The molecule has 0 rings (SSSR count). The molecule has 0 fully saturated rings. The summed E-state index contributed by atoms with van der Waals surface area (Å²) in [5.41, 5.74) is 0. The summed E-state index contributed by atoms with van der Waals surface area (Å²) >= 11 is 0. The van der Waals surface area contributed by atoms with Crippen molar-refractivity contribution in [1.82, 2.24) is 5.32 Å². The lowest BCUT2D eigenvalue weighted by molar-refractivity contribution is -0.116. The molecule has 0 aliphatic heterocycles. The van der Waals surface area contributed by atoms with Crippen LogP contribution in [0.3, 0.4) is 0 Å². The molecule has 1 N–H and O–H groups in total. The molecule has 0 saturated heterocycles. The first-order valence-electron chi connectivity index (χ1n) is 6.18. The molecule has 0 spiro atoms. The highest BCUT2D eigenvalue weighted by atomic mass is 28.4. The van der Waals surface area contributed by atoms with Crippen LogP contribution in [0.2, 0.25) is 18.1 Å². The van der Waals surface area contributed by atoms with E-state index >= 15 is 0 Å². The Bertz CT molecular complexity index is 215. The molecule has 0 unspecified atom stereocenters. The van der Waals surface area contributed by atoms with Gasteiger partial charge in [-0.05, 0) is 37.6 Å². The summed E-state index contributed by atoms with van der Waals surface area (Å²) in [6, 6.07) is 3.45. The van der Waals surface area contributed by atoms with Crippen LogP contribution in [0.1, 0.15) is 27.2 Å². The molecule has 0 atom stereocenters. The highest BCUT2D eigenvalue weighted by Crippen LogP contribution is 2.23. The van der Waals surface area contributed by atoms with Gasteiger partial charge in [0, 0.05) is 13.2 Å². The first kappa shape index (κ1) is 15.4. The number of rotatable bonds is 9. The Morgan fingerprint density at radius 2 is 2.00 bits per heavy atom. The van der Waals surface area contributed by atoms with Crippen LogP contribution in [-0.2, 0) is 9.22 Å². The zero-order valence-corrected chi connectivity index (χ0v) is 11.8. The Labute approximate surface area is 100 Å². The van der Waals surface area contributed by atoms with Crippen LogP contribution in [0, 0.1) is 0 Å². The third kappa shape index (κ3) is 5.46. The fourth-order valence-electron chi connectivity index (χ4n) is 1.88. The van der Waals surface area contributed by atoms with Crippen molar-refractivity contribution >= 4 is 14.2 Å². The van der Waals surface area contributed by atoms with Crippen LogP contribution >= 0.6 is 0 Å². The monoisotopic (exact) mass is 243 g/mol. The molecule has 0 aromatic heterocycles. The van der Waals surface area contributed by atoms with Crippen molar-refractivity contribution in [2.75, 3.05) is 13.2 Å². The maximum Gasteiger partial charge on any atom is 0.243 e. The molecule has 3 nitrogen and oxygen atoms in total. The Hall–Kier alpha value is -0.613. The highest BCUT2D eigenvalue weighted by molar-refractivity contribution is 6.73. The summed E-state index contributed by atoms with van der Waals surface area (Å²) in [6.45, 7) is 11.5. The summed E-state index contributed by atoms with van der Waals surface area (Å²) < 4.78 is 5.97. The van der Waals surface area contributed by atoms with Gasteiger partial charge in [0.25, 0.3) is 0 Å². The SMILES string of the molecule is C=CC(=O)NCCC[Si](CC)(CC)OCC. The van der Waals surface area contributed by atoms with Gasteiger partial charge in [-0.15, -0.1) is 0 Å². The molecule has 0 radical (unpaired) electrons. The summed E-state index contributed by atoms with van der Waals surface area (Å²) in [4.78, 5) is 11.0. The number of nitrogens with one attached hydrogen (secondary N) is 1. The second kappa shape index (κ2) is 8.53. The van der Waals surface area contributed by atoms with Gasteiger partial charge < -0.3 is 9.74 Å². The van der Waals surface area contributed by atoms with Crippen molar-refractivity contribution in [3.8, 4) is 0 Å². The molecule has 94 valence electrons. The predicted octanol–water partition coefficient (Wildman–Crippen LogP) is 2.70. The van der Waals surface area contributed by atoms with E-state index in [1.165, 1.54) is 6.08 Å². The molecule has 16 heavy (non-hydrogen) atoms. The van der Waals surface area contributed by atoms with Crippen LogP contribution in [-0.4, -0.2) is 27.4 Å². The van der Waals surface area contributed by atoms with E-state index in [0.717, 1.165) is 37.7 Å². The highest BCUT2D eigenvalue weighted by Gasteiger charge is 2.29. The quantitative estimate of drug-likeness (QED) is 0.384. The van der Waals surface area contributed by atoms with E-state index in [0.29, 0.717) is 0 Å². The standard InChI is InChI=1S/C12H25NO2Si/c1-5-12(14)13-10-9-11-16(7-3,8-4)15-6-2/h5H,1,6-11H2,2-4H3,(H,13,14). The molecular formula is C12H25NO2Si. The zero-order valence-electron chi connectivity index (χ0n) is 10.8. The predicted molar refractivity (Wildman–Crippen MR) is 71.0 cm³/mol. The topological polar surface area (TPSA) is 38.3 Å². The second-order valence-electron chi connectivity index (χ2n) is 3.92. The minimum atomic E-state index is -1.50. The Morgan fingerprint density at radius 1 is 1.38 bits per heavy atom. The van der Waals surface area contributed by atoms with Crippen molar-refractivity contribution in [2.45, 2.75) is 45.3 Å². The molecule has 0 saturated carbocycles. The van der Waals surface area contributed by atoms with Crippen molar-refractivity contribution in [3.63, 3.8) is 0 Å². The maximum atomic E-state index is 11.0. The molecule has 0 aromatic carbocycles. The summed E-state index contributed by atoms with van der Waals surface area (Å²) in [5.74, 6) is -0.0864. The largest absolute Gasteiger partial charge is 0.417 e. The average Bonchev–Trinajstić information content (AvgIpc) is 2.32. The van der Waals surface area contributed by atoms with Crippen molar-refractivity contribution < 1.29 is 9.22 Å². The van der Waals surface area contributed by atoms with Crippen LogP contribution in [0.15, 0.2) is 12.7 Å². The van der Waals surface area contributed by atoms with Gasteiger partial charge >= 0.3 is 0 Å². The molecule has 0 aliphatic carbocycles. The molecule has 0 bridgehead atoms. The molecule has 0 aromatic rings. The summed E-state index contributed by atoms with van der Waals surface area (Å²) in [7, 11) is -1.50. The second-order valence-corrected chi connectivity index (χ2v) is 8.49. The Kier molecular flexibility index (Phi) is 8.20. The zero-order chi connectivity index (χ0) is 12.4. The number of amides is 1. The lowest BCUT2D eigenvalue weighted by atomic mass is 10.4. The van der Waals surface area contributed by atoms with E-state index in [1.807, 2.05) is 0 Å². The van der Waals surface area contributed by atoms with Gasteiger partial charge in [-0.3, -0.25) is 4.79 Å². The van der Waals surface area contributed by atoms with E-state index in [4.69, 9.17) is 4.43 Å². The first-order chi connectivity index (χ1) is 7.64. The number of carbonyl (C=O) groups excluding carboxylic acids is 1. The van der Waals surface area contributed by atoms with Crippen molar-refractivity contribution in [3.05, 3.63) is 12.7 Å². The van der Waals surface area contributed by atoms with Crippen LogP contribution in [0.25, 0.3) is 0 Å². The lowest BCUT2D eigenvalue weighted by Crippen LogP contribution is -2.37. The van der Waals surface area contributed by atoms with Crippen LogP contribution in [0.4, 0.5) is 0 Å². The third-order valence-corrected chi connectivity index (χ3v) is 7.78. The maximum absolute atomic E-state index is 11.0. The third-order valence-electron chi connectivity index (χ3n) is 3.03. The van der Waals surface area contributed by atoms with Gasteiger partial charge in [0.2, 0.25) is 5.91 Å². The Morgan fingerprint density at radius 3 is 2.44 bits per heavy atom. The van der Waals surface area contributed by atoms with Gasteiger partial charge in [0.15, 0.2) is 8.32 Å². The van der Waals surface area contributed by atoms with Crippen molar-refractivity contribution in [1.29, 1.82) is 0 Å². The van der Waals surface area contributed by atoms with Crippen molar-refractivity contribution in [2.24, 2.45) is 0 Å². The summed E-state index contributed by atoms with van der Waals surface area (Å²) in [5, 5.41) is 2.80. The normalized spacial score (nSPS) is 11.2. The fourth-order valence-corrected chi connectivity index (χ4v) is 5.07. The lowest BCUT2D eigenvalue weighted by Gasteiger charge is -2.28. The molecule has 0 heterocycles. The van der Waals surface area contributed by atoms with Crippen LogP contribution in [0.5, 0.6) is 0 Å². The average molecular weight is 243 g/mol. The van der Waals surface area contributed by atoms with Gasteiger partial charge in [-0.1, -0.05) is 20.4 Å². The number of hydrogen-bond acceptors (Lipinski definition) is 2. The van der Waals surface area contributed by atoms with E-state index in [-0.39, 0.29) is 5.91 Å². The van der Waals surface area contributed by atoms with Gasteiger partial charge in [-0.2, -0.15) is 0 Å². The molecule has 0 aliphatic rings. The fraction of sp³-hybridized carbons (Fsp3) is 0.750. The smallest absolute Gasteiger partial charge is 0.243 e. The minimum Gasteiger partial charge on any atom is -0.417 e. The van der Waals surface area contributed by atoms with E-state index in [9.17, 15) is 4.79 Å². The summed E-state index contributed by atoms with van der Waals surface area (Å²) in [6.07, 6.45) is 2.32. The molecular weight excluding hydrogens is 218 g/mol. The van der Waals surface area contributed by atoms with E-state index < -0.39 is 8.32 Å². The van der Waals surface area contributed by atoms with Gasteiger partial charge in [0.1, 0.15) is 0 Å². The number of hydrogen-bond donors (Lipinski definition) is 1. The van der Waals surface area contributed by atoms with Crippen LogP contribution < -0.4 is 5.32 Å². The molecule has 1 amide bonds. The van der Waals surface area contributed by atoms with Gasteiger partial charge in [0.05, 0.1) is 0 Å². The first-order valence-corrected chi connectivity index (χ1v) is 8.71. The van der Waals surface area contributed by atoms with Gasteiger partial charge in [-0.25, -0.2) is 0 Å². The minimum absolute atomic E-state index is 0.0864.